The van der Waals surface area contributed by atoms with Crippen LogP contribution in [0, 0.1) is 0 Å². The summed E-state index contributed by atoms with van der Waals surface area (Å²) in [6.07, 6.45) is 2.80. The Morgan fingerprint density at radius 3 is 2.85 bits per heavy atom. The number of fused-ring (bicyclic) bond motifs is 1. The van der Waals surface area contributed by atoms with Crippen molar-refractivity contribution in [2.45, 2.75) is 57.7 Å². The van der Waals surface area contributed by atoms with Gasteiger partial charge in [-0.2, -0.15) is 5.10 Å². The van der Waals surface area contributed by atoms with Crippen molar-refractivity contribution in [2.24, 2.45) is 7.05 Å². The molecule has 0 spiro atoms. The average Bonchev–Trinajstić information content (AvgIpc) is 3.36. The van der Waals surface area contributed by atoms with Crippen molar-refractivity contribution < 1.29 is 9.53 Å². The molecule has 8 heteroatoms. The molecule has 2 atom stereocenters. The van der Waals surface area contributed by atoms with E-state index in [1.165, 1.54) is 0 Å². The highest BCUT2D eigenvalue weighted by Crippen LogP contribution is 2.35. The van der Waals surface area contributed by atoms with Crippen molar-refractivity contribution >= 4 is 5.91 Å². The Labute approximate surface area is 153 Å². The van der Waals surface area contributed by atoms with Gasteiger partial charge in [0.1, 0.15) is 11.5 Å². The van der Waals surface area contributed by atoms with E-state index >= 15 is 0 Å². The van der Waals surface area contributed by atoms with Crippen LogP contribution >= 0.6 is 0 Å². The van der Waals surface area contributed by atoms with Crippen LogP contribution in [-0.2, 0) is 24.8 Å². The number of likely N-dealkylation sites (tertiary alicyclic amines) is 1. The smallest absolute Gasteiger partial charge is 0.272 e. The molecule has 2 aromatic heterocycles. The Balaban J connectivity index is 1.67. The Bertz CT molecular complexity index is 824. The van der Waals surface area contributed by atoms with Gasteiger partial charge in [-0.05, 0) is 18.4 Å². The summed E-state index contributed by atoms with van der Waals surface area (Å²) in [5.74, 6) is 2.17. The van der Waals surface area contributed by atoms with Crippen molar-refractivity contribution in [3.63, 3.8) is 0 Å². The van der Waals surface area contributed by atoms with Crippen LogP contribution in [-0.4, -0.2) is 55.1 Å². The summed E-state index contributed by atoms with van der Waals surface area (Å²) in [4.78, 5) is 15.2. The number of aryl methyl sites for hydroxylation is 2. The lowest BCUT2D eigenvalue weighted by Crippen LogP contribution is -2.34. The quantitative estimate of drug-likeness (QED) is 0.831. The maximum absolute atomic E-state index is 13.3. The Morgan fingerprint density at radius 2 is 2.15 bits per heavy atom. The van der Waals surface area contributed by atoms with Gasteiger partial charge in [0, 0.05) is 40.1 Å². The molecule has 1 fully saturated rings. The van der Waals surface area contributed by atoms with E-state index in [0.717, 1.165) is 43.1 Å². The zero-order valence-electron chi connectivity index (χ0n) is 15.8. The lowest BCUT2D eigenvalue weighted by atomic mass is 10.1. The maximum Gasteiger partial charge on any atom is 0.272 e. The molecule has 0 aliphatic carbocycles. The summed E-state index contributed by atoms with van der Waals surface area (Å²) in [5, 5.41) is 13.2. The molecule has 0 unspecified atom stereocenters. The molecule has 0 radical (unpaired) electrons. The molecule has 1 saturated heterocycles. The number of hydrogen-bond donors (Lipinski definition) is 0. The van der Waals surface area contributed by atoms with E-state index < -0.39 is 0 Å². The number of ether oxygens (including phenoxy) is 1. The fourth-order valence-electron chi connectivity index (χ4n) is 3.98. The first-order valence-corrected chi connectivity index (χ1v) is 9.29. The van der Waals surface area contributed by atoms with Gasteiger partial charge in [-0.3, -0.25) is 9.48 Å². The highest BCUT2D eigenvalue weighted by atomic mass is 16.5. The normalized spacial score (nSPS) is 22.4. The predicted octanol–water partition coefficient (Wildman–Crippen LogP) is 1.68. The van der Waals surface area contributed by atoms with E-state index in [9.17, 15) is 4.79 Å². The third kappa shape index (κ3) is 2.72. The van der Waals surface area contributed by atoms with Crippen LogP contribution in [0.5, 0.6) is 0 Å². The van der Waals surface area contributed by atoms with Gasteiger partial charge in [-0.1, -0.05) is 13.8 Å². The van der Waals surface area contributed by atoms with Gasteiger partial charge in [-0.15, -0.1) is 10.2 Å². The monoisotopic (exact) mass is 358 g/mol. The molecule has 2 aromatic rings. The highest BCUT2D eigenvalue weighted by Gasteiger charge is 2.41. The molecule has 0 aromatic carbocycles. The first-order chi connectivity index (χ1) is 12.5. The summed E-state index contributed by atoms with van der Waals surface area (Å²) in [7, 11) is 3.53. The lowest BCUT2D eigenvalue weighted by molar-refractivity contribution is 0.0672. The number of rotatable bonds is 4. The number of nitrogens with zero attached hydrogens (tertiary/aromatic N) is 6. The van der Waals surface area contributed by atoms with Crippen LogP contribution in [0.15, 0.2) is 6.07 Å². The molecule has 8 nitrogen and oxygen atoms in total. The van der Waals surface area contributed by atoms with E-state index in [1.54, 1.807) is 11.8 Å². The van der Waals surface area contributed by atoms with Gasteiger partial charge < -0.3 is 14.2 Å². The summed E-state index contributed by atoms with van der Waals surface area (Å²) in [6.45, 7) is 5.65. The van der Waals surface area contributed by atoms with Crippen LogP contribution < -0.4 is 0 Å². The van der Waals surface area contributed by atoms with Gasteiger partial charge >= 0.3 is 0 Å². The molecule has 2 aliphatic heterocycles. The number of amides is 1. The van der Waals surface area contributed by atoms with E-state index in [4.69, 9.17) is 4.74 Å². The van der Waals surface area contributed by atoms with Crippen molar-refractivity contribution in [1.82, 2.24) is 29.4 Å². The topological polar surface area (TPSA) is 78.1 Å². The third-order valence-corrected chi connectivity index (χ3v) is 5.50. The zero-order chi connectivity index (χ0) is 18.4. The highest BCUT2D eigenvalue weighted by molar-refractivity contribution is 5.93. The standard InChI is InChI=1S/C18H26N6O2/c1-11(2)13-9-15(22(3)21-13)18(25)24-10-12(26-4)8-14(24)17-20-19-16-6-5-7-23(16)17/h9,11-12,14H,5-8,10H2,1-4H3/t12-,14+/m1/s1. The van der Waals surface area contributed by atoms with Gasteiger partial charge in [0.15, 0.2) is 5.82 Å². The minimum absolute atomic E-state index is 0.0103. The second-order valence-electron chi connectivity index (χ2n) is 7.53. The summed E-state index contributed by atoms with van der Waals surface area (Å²) >= 11 is 0. The number of carbonyl (C=O) groups is 1. The molecule has 2 aliphatic rings. The number of methoxy groups -OCH3 is 1. The van der Waals surface area contributed by atoms with E-state index in [0.29, 0.717) is 12.2 Å². The molecule has 4 heterocycles. The molecule has 1 amide bonds. The van der Waals surface area contributed by atoms with Gasteiger partial charge in [-0.25, -0.2) is 0 Å². The van der Waals surface area contributed by atoms with Crippen LogP contribution in [0.25, 0.3) is 0 Å². The van der Waals surface area contributed by atoms with Crippen LogP contribution in [0.3, 0.4) is 0 Å². The van der Waals surface area contributed by atoms with Crippen LogP contribution in [0.1, 0.15) is 66.5 Å². The first kappa shape index (κ1) is 17.2. The average molecular weight is 358 g/mol. The van der Waals surface area contributed by atoms with E-state index in [-0.39, 0.29) is 24.0 Å². The molecule has 0 N–H and O–H groups in total. The zero-order valence-corrected chi connectivity index (χ0v) is 15.8. The SMILES string of the molecule is CO[C@@H]1C[C@@H](c2nnc3n2CCC3)N(C(=O)c2cc(C(C)C)nn2C)C1. The summed E-state index contributed by atoms with van der Waals surface area (Å²) in [6, 6.07) is 1.79. The molecule has 4 rings (SSSR count). The summed E-state index contributed by atoms with van der Waals surface area (Å²) < 4.78 is 9.43. The Morgan fingerprint density at radius 1 is 1.35 bits per heavy atom. The van der Waals surface area contributed by atoms with Gasteiger partial charge in [0.2, 0.25) is 0 Å². The van der Waals surface area contributed by atoms with Gasteiger partial charge in [0.05, 0.1) is 17.8 Å². The fourth-order valence-corrected chi connectivity index (χ4v) is 3.98. The van der Waals surface area contributed by atoms with Gasteiger partial charge in [0.25, 0.3) is 5.91 Å². The summed E-state index contributed by atoms with van der Waals surface area (Å²) in [5.41, 5.74) is 1.54. The minimum Gasteiger partial charge on any atom is -0.380 e. The largest absolute Gasteiger partial charge is 0.380 e. The van der Waals surface area contributed by atoms with E-state index in [1.807, 2.05) is 18.0 Å². The molecular formula is C18H26N6O2. The molecule has 140 valence electrons. The lowest BCUT2D eigenvalue weighted by Gasteiger charge is -2.23. The fraction of sp³-hybridized carbons (Fsp3) is 0.667. The van der Waals surface area contributed by atoms with Crippen molar-refractivity contribution in [1.29, 1.82) is 0 Å². The molecule has 0 bridgehead atoms. The number of hydrogen-bond acceptors (Lipinski definition) is 5. The second kappa shape index (κ2) is 6.50. The van der Waals surface area contributed by atoms with Crippen molar-refractivity contribution in [2.75, 3.05) is 13.7 Å². The minimum atomic E-state index is -0.107. The predicted molar refractivity (Wildman–Crippen MR) is 94.8 cm³/mol. The molecular weight excluding hydrogens is 332 g/mol. The maximum atomic E-state index is 13.3. The van der Waals surface area contributed by atoms with Crippen LogP contribution in [0.2, 0.25) is 0 Å². The first-order valence-electron chi connectivity index (χ1n) is 9.29. The van der Waals surface area contributed by atoms with Crippen LogP contribution in [0.4, 0.5) is 0 Å². The number of aromatic nitrogens is 5. The van der Waals surface area contributed by atoms with Crippen molar-refractivity contribution in [3.05, 3.63) is 29.1 Å². The van der Waals surface area contributed by atoms with Crippen molar-refractivity contribution in [3.8, 4) is 0 Å². The second-order valence-corrected chi connectivity index (χ2v) is 7.53. The Hall–Kier alpha value is -2.22. The van der Waals surface area contributed by atoms with E-state index in [2.05, 4.69) is 33.7 Å². The molecule has 26 heavy (non-hydrogen) atoms. The number of carbonyl (C=O) groups excluding carboxylic acids is 1. The third-order valence-electron chi connectivity index (χ3n) is 5.50. The Kier molecular flexibility index (Phi) is 4.30. The molecule has 0 saturated carbocycles.